The normalized spacial score (nSPS) is 14.5. The highest BCUT2D eigenvalue weighted by molar-refractivity contribution is 7.82. The minimum absolute atomic E-state index is 0.00908. The summed E-state index contributed by atoms with van der Waals surface area (Å²) in [5.41, 5.74) is 3.22. The van der Waals surface area contributed by atoms with Crippen LogP contribution in [0.5, 0.6) is 0 Å². The molecule has 17 heavy (non-hydrogen) atoms. The maximum absolute atomic E-state index is 11.8. The van der Waals surface area contributed by atoms with Crippen LogP contribution in [0.3, 0.4) is 0 Å². The van der Waals surface area contributed by atoms with Gasteiger partial charge in [0.15, 0.2) is 5.78 Å². The van der Waals surface area contributed by atoms with Crippen molar-refractivity contribution >= 4 is 28.4 Å². The van der Waals surface area contributed by atoms with Crippen molar-refractivity contribution < 1.29 is 4.79 Å². The van der Waals surface area contributed by atoms with Gasteiger partial charge in [0.1, 0.15) is 0 Å². The van der Waals surface area contributed by atoms with Crippen molar-refractivity contribution in [1.82, 2.24) is 0 Å². The second kappa shape index (κ2) is 5.37. The number of benzene rings is 1. The van der Waals surface area contributed by atoms with Crippen LogP contribution < -0.4 is 0 Å². The highest BCUT2D eigenvalue weighted by Crippen LogP contribution is 2.29. The first-order valence-electron chi connectivity index (χ1n) is 6.12. The third-order valence-electron chi connectivity index (χ3n) is 3.10. The number of unbranched alkanes of at least 4 members (excludes halogenated alkanes) is 2. The molecule has 0 amide bonds. The zero-order valence-electron chi connectivity index (χ0n) is 10.0. The number of rotatable bonds is 4. The minimum Gasteiger partial charge on any atom is -0.288 e. The molecule has 0 saturated heterocycles. The lowest BCUT2D eigenvalue weighted by Crippen LogP contribution is -2.17. The fourth-order valence-corrected chi connectivity index (χ4v) is 2.40. The molecule has 2 heteroatoms. The van der Waals surface area contributed by atoms with Gasteiger partial charge in [0.25, 0.3) is 0 Å². The third kappa shape index (κ3) is 2.52. The Morgan fingerprint density at radius 3 is 2.53 bits per heavy atom. The second-order valence-electron chi connectivity index (χ2n) is 4.37. The van der Waals surface area contributed by atoms with Gasteiger partial charge in [-0.2, -0.15) is 0 Å². The van der Waals surface area contributed by atoms with Crippen LogP contribution in [0.25, 0.3) is 5.57 Å². The molecule has 0 spiro atoms. The SMILES string of the molecule is CCCCCC1=CC(=O)C(=S)c2ccccc21. The van der Waals surface area contributed by atoms with E-state index >= 15 is 0 Å². The summed E-state index contributed by atoms with van der Waals surface area (Å²) < 4.78 is 0. The number of carbonyl (C=O) groups is 1. The van der Waals surface area contributed by atoms with Crippen molar-refractivity contribution in [2.45, 2.75) is 32.6 Å². The molecule has 0 fully saturated rings. The Bertz CT molecular complexity index is 485. The van der Waals surface area contributed by atoms with E-state index in [4.69, 9.17) is 12.2 Å². The Labute approximate surface area is 108 Å². The minimum atomic E-state index is -0.00908. The summed E-state index contributed by atoms with van der Waals surface area (Å²) in [6.07, 6.45) is 6.23. The van der Waals surface area contributed by atoms with Gasteiger partial charge in [0.05, 0.1) is 4.86 Å². The molecule has 1 aromatic rings. The van der Waals surface area contributed by atoms with Crippen molar-refractivity contribution in [1.29, 1.82) is 0 Å². The van der Waals surface area contributed by atoms with Crippen molar-refractivity contribution in [2.75, 3.05) is 0 Å². The Morgan fingerprint density at radius 2 is 1.82 bits per heavy atom. The van der Waals surface area contributed by atoms with E-state index in [0.717, 1.165) is 29.5 Å². The lowest BCUT2D eigenvalue weighted by molar-refractivity contribution is -0.108. The molecule has 2 rings (SSSR count). The van der Waals surface area contributed by atoms with Crippen LogP contribution in [0.15, 0.2) is 30.3 Å². The van der Waals surface area contributed by atoms with E-state index in [-0.39, 0.29) is 5.78 Å². The zero-order valence-corrected chi connectivity index (χ0v) is 10.8. The molecule has 0 atom stereocenters. The van der Waals surface area contributed by atoms with Gasteiger partial charge >= 0.3 is 0 Å². The van der Waals surface area contributed by atoms with Crippen LogP contribution in [-0.4, -0.2) is 10.6 Å². The maximum Gasteiger partial charge on any atom is 0.197 e. The molecular formula is C15H16OS. The molecule has 88 valence electrons. The van der Waals surface area contributed by atoms with E-state index in [1.807, 2.05) is 18.2 Å². The first kappa shape index (κ1) is 12.2. The van der Waals surface area contributed by atoms with Gasteiger partial charge in [-0.25, -0.2) is 0 Å². The summed E-state index contributed by atoms with van der Waals surface area (Å²) >= 11 is 5.18. The first-order valence-corrected chi connectivity index (χ1v) is 6.53. The highest BCUT2D eigenvalue weighted by Gasteiger charge is 2.21. The van der Waals surface area contributed by atoms with Crippen LogP contribution in [0.2, 0.25) is 0 Å². The van der Waals surface area contributed by atoms with Crippen LogP contribution in [0.1, 0.15) is 43.7 Å². The predicted molar refractivity (Wildman–Crippen MR) is 75.3 cm³/mol. The van der Waals surface area contributed by atoms with Gasteiger partial charge in [0, 0.05) is 5.56 Å². The van der Waals surface area contributed by atoms with Crippen LogP contribution in [-0.2, 0) is 4.79 Å². The number of hydrogen-bond acceptors (Lipinski definition) is 2. The van der Waals surface area contributed by atoms with E-state index in [1.165, 1.54) is 12.8 Å². The number of hydrogen-bond donors (Lipinski definition) is 0. The smallest absolute Gasteiger partial charge is 0.197 e. The second-order valence-corrected chi connectivity index (χ2v) is 4.77. The summed E-state index contributed by atoms with van der Waals surface area (Å²) in [5, 5.41) is 0. The van der Waals surface area contributed by atoms with Gasteiger partial charge in [-0.3, -0.25) is 4.79 Å². The number of ketones is 1. The van der Waals surface area contributed by atoms with Gasteiger partial charge in [0.2, 0.25) is 0 Å². The summed E-state index contributed by atoms with van der Waals surface area (Å²) in [4.78, 5) is 12.2. The third-order valence-corrected chi connectivity index (χ3v) is 3.52. The monoisotopic (exact) mass is 244 g/mol. The highest BCUT2D eigenvalue weighted by atomic mass is 32.1. The van der Waals surface area contributed by atoms with E-state index < -0.39 is 0 Å². The topological polar surface area (TPSA) is 17.1 Å². The molecule has 1 aliphatic carbocycles. The molecule has 1 aliphatic rings. The van der Waals surface area contributed by atoms with Crippen molar-refractivity contribution in [3.05, 3.63) is 41.5 Å². The summed E-state index contributed by atoms with van der Waals surface area (Å²) in [7, 11) is 0. The summed E-state index contributed by atoms with van der Waals surface area (Å²) in [6.45, 7) is 2.18. The van der Waals surface area contributed by atoms with Crippen molar-refractivity contribution in [2.24, 2.45) is 0 Å². The quantitative estimate of drug-likeness (QED) is 0.589. The van der Waals surface area contributed by atoms with Gasteiger partial charge < -0.3 is 0 Å². The van der Waals surface area contributed by atoms with Crippen LogP contribution >= 0.6 is 12.2 Å². The van der Waals surface area contributed by atoms with Crippen LogP contribution in [0, 0.1) is 0 Å². The molecule has 0 aliphatic heterocycles. The van der Waals surface area contributed by atoms with Gasteiger partial charge in [-0.15, -0.1) is 0 Å². The molecule has 0 heterocycles. The standard InChI is InChI=1S/C15H16OS/c1-2-3-4-7-11-10-14(16)15(17)13-9-6-5-8-12(11)13/h5-6,8-10H,2-4,7H2,1H3. The van der Waals surface area contributed by atoms with E-state index in [9.17, 15) is 4.79 Å². The Kier molecular flexibility index (Phi) is 3.85. The number of thiocarbonyl (C=S) groups is 1. The largest absolute Gasteiger partial charge is 0.288 e. The molecule has 1 aromatic carbocycles. The lowest BCUT2D eigenvalue weighted by atomic mass is 9.87. The molecule has 0 N–H and O–H groups in total. The molecular weight excluding hydrogens is 228 g/mol. The zero-order chi connectivity index (χ0) is 12.3. The fourth-order valence-electron chi connectivity index (χ4n) is 2.17. The average Bonchev–Trinajstić information content (AvgIpc) is 2.36. The van der Waals surface area contributed by atoms with Gasteiger partial charge in [-0.05, 0) is 30.1 Å². The lowest BCUT2D eigenvalue weighted by Gasteiger charge is -2.17. The molecule has 0 unspecified atom stereocenters. The number of fused-ring (bicyclic) bond motifs is 1. The van der Waals surface area contributed by atoms with Crippen molar-refractivity contribution in [3.63, 3.8) is 0 Å². The Hall–Kier alpha value is -1.28. The van der Waals surface area contributed by atoms with E-state index in [1.54, 1.807) is 6.08 Å². The van der Waals surface area contributed by atoms with Crippen LogP contribution in [0.4, 0.5) is 0 Å². The fraction of sp³-hybridized carbons (Fsp3) is 0.333. The molecule has 0 saturated carbocycles. The number of allylic oxidation sites excluding steroid dienone is 2. The average molecular weight is 244 g/mol. The predicted octanol–water partition coefficient (Wildman–Crippen LogP) is 3.95. The molecule has 1 nitrogen and oxygen atoms in total. The molecule has 0 bridgehead atoms. The Balaban J connectivity index is 2.29. The molecule has 0 aromatic heterocycles. The molecule has 0 radical (unpaired) electrons. The first-order chi connectivity index (χ1) is 8.24. The van der Waals surface area contributed by atoms with E-state index in [2.05, 4.69) is 13.0 Å². The van der Waals surface area contributed by atoms with Gasteiger partial charge in [-0.1, -0.05) is 56.2 Å². The Morgan fingerprint density at radius 1 is 1.12 bits per heavy atom. The summed E-state index contributed by atoms with van der Waals surface area (Å²) in [6, 6.07) is 7.95. The maximum atomic E-state index is 11.8. The summed E-state index contributed by atoms with van der Waals surface area (Å²) in [5.74, 6) is -0.00908. The number of carbonyl (C=O) groups excluding carboxylic acids is 1. The van der Waals surface area contributed by atoms with Crippen molar-refractivity contribution in [3.8, 4) is 0 Å². The van der Waals surface area contributed by atoms with E-state index in [0.29, 0.717) is 4.86 Å².